The average Bonchev–Trinajstić information content (AvgIpc) is 3.37. The number of benzene rings is 1. The van der Waals surface area contributed by atoms with E-state index < -0.39 is 5.97 Å². The quantitative estimate of drug-likeness (QED) is 0.239. The molecule has 0 atom stereocenters. The van der Waals surface area contributed by atoms with Crippen LogP contribution < -0.4 is 16.2 Å². The Hall–Kier alpha value is -3.87. The molecule has 0 spiro atoms. The SMILES string of the molecule is COC(=O)c1cc(CN(Cc2nc(N)c3c(C)c(C)sc3n2)Cc2nc(N)c3c(C)c(C)sc3n2)ccc1OC. The molecule has 40 heavy (non-hydrogen) atoms. The van der Waals surface area contributed by atoms with Gasteiger partial charge in [0.1, 0.15) is 44.3 Å². The molecule has 4 N–H and O–H groups in total. The number of carbonyl (C=O) groups is 1. The van der Waals surface area contributed by atoms with E-state index in [1.54, 1.807) is 34.8 Å². The summed E-state index contributed by atoms with van der Waals surface area (Å²) in [5.41, 5.74) is 16.2. The summed E-state index contributed by atoms with van der Waals surface area (Å²) in [6.45, 7) is 9.38. The number of aryl methyl sites for hydroxylation is 4. The summed E-state index contributed by atoms with van der Waals surface area (Å²) in [6.07, 6.45) is 0. The van der Waals surface area contributed by atoms with Gasteiger partial charge in [-0.05, 0) is 56.5 Å². The number of carbonyl (C=O) groups excluding carboxylic acids is 1. The van der Waals surface area contributed by atoms with Crippen LogP contribution in [0, 0.1) is 27.7 Å². The van der Waals surface area contributed by atoms with Gasteiger partial charge in [-0.25, -0.2) is 24.7 Å². The van der Waals surface area contributed by atoms with Crippen LogP contribution in [0.3, 0.4) is 0 Å². The Balaban J connectivity index is 1.53. The lowest BCUT2D eigenvalue weighted by Crippen LogP contribution is -2.25. The number of nitrogens with two attached hydrogens (primary N) is 2. The molecule has 5 aromatic rings. The third-order valence-corrected chi connectivity index (χ3v) is 9.21. The van der Waals surface area contributed by atoms with Gasteiger partial charge in [0, 0.05) is 16.3 Å². The Bertz CT molecular complexity index is 1670. The van der Waals surface area contributed by atoms with Crippen molar-refractivity contribution in [2.75, 3.05) is 25.7 Å². The molecule has 5 rings (SSSR count). The van der Waals surface area contributed by atoms with E-state index in [1.807, 2.05) is 19.9 Å². The summed E-state index contributed by atoms with van der Waals surface area (Å²) in [4.78, 5) is 37.5. The van der Waals surface area contributed by atoms with Crippen molar-refractivity contribution in [2.45, 2.75) is 47.3 Å². The van der Waals surface area contributed by atoms with Crippen LogP contribution in [0.15, 0.2) is 18.2 Å². The Labute approximate surface area is 240 Å². The predicted molar refractivity (Wildman–Crippen MR) is 160 cm³/mol. The van der Waals surface area contributed by atoms with Crippen LogP contribution in [0.2, 0.25) is 0 Å². The molecule has 0 saturated heterocycles. The van der Waals surface area contributed by atoms with Crippen LogP contribution in [0.1, 0.15) is 48.5 Å². The summed E-state index contributed by atoms with van der Waals surface area (Å²) in [7, 11) is 2.87. The Morgan fingerprint density at radius 1 is 0.825 bits per heavy atom. The molecule has 208 valence electrons. The minimum atomic E-state index is -0.472. The van der Waals surface area contributed by atoms with Crippen molar-refractivity contribution in [3.63, 3.8) is 0 Å². The van der Waals surface area contributed by atoms with Crippen LogP contribution in [0.5, 0.6) is 5.75 Å². The van der Waals surface area contributed by atoms with E-state index in [0.717, 1.165) is 46.9 Å². The molecule has 0 saturated carbocycles. The van der Waals surface area contributed by atoms with Gasteiger partial charge >= 0.3 is 5.97 Å². The minimum absolute atomic E-state index is 0.348. The van der Waals surface area contributed by atoms with Gasteiger partial charge in [-0.15, -0.1) is 22.7 Å². The zero-order chi connectivity index (χ0) is 28.7. The second kappa shape index (κ2) is 11.0. The van der Waals surface area contributed by atoms with E-state index in [-0.39, 0.29) is 0 Å². The van der Waals surface area contributed by atoms with E-state index in [9.17, 15) is 4.79 Å². The molecule has 4 heterocycles. The first-order valence-electron chi connectivity index (χ1n) is 12.6. The van der Waals surface area contributed by atoms with Crippen LogP contribution in [-0.4, -0.2) is 45.0 Å². The van der Waals surface area contributed by atoms with Gasteiger partial charge in [0.15, 0.2) is 0 Å². The van der Waals surface area contributed by atoms with E-state index >= 15 is 0 Å². The largest absolute Gasteiger partial charge is 0.496 e. The number of ether oxygens (including phenoxy) is 2. The highest BCUT2D eigenvalue weighted by Crippen LogP contribution is 2.33. The van der Waals surface area contributed by atoms with Gasteiger partial charge < -0.3 is 20.9 Å². The van der Waals surface area contributed by atoms with Gasteiger partial charge in [0.2, 0.25) is 0 Å². The summed E-state index contributed by atoms with van der Waals surface area (Å²) in [5, 5.41) is 1.81. The number of methoxy groups -OCH3 is 2. The number of rotatable bonds is 8. The number of esters is 1. The maximum Gasteiger partial charge on any atom is 0.341 e. The van der Waals surface area contributed by atoms with Crippen LogP contribution >= 0.6 is 22.7 Å². The van der Waals surface area contributed by atoms with Crippen molar-refractivity contribution in [2.24, 2.45) is 0 Å². The molecule has 0 fully saturated rings. The molecular formula is C28H31N7O3S2. The highest BCUT2D eigenvalue weighted by molar-refractivity contribution is 7.19. The normalized spacial score (nSPS) is 11.6. The van der Waals surface area contributed by atoms with Crippen molar-refractivity contribution in [1.82, 2.24) is 24.8 Å². The number of hydrogen-bond acceptors (Lipinski definition) is 12. The van der Waals surface area contributed by atoms with E-state index in [2.05, 4.69) is 28.7 Å². The third-order valence-electron chi connectivity index (χ3n) is 7.01. The first kappa shape index (κ1) is 27.7. The van der Waals surface area contributed by atoms with Crippen molar-refractivity contribution >= 4 is 60.7 Å². The van der Waals surface area contributed by atoms with Crippen LogP contribution in [-0.2, 0) is 24.4 Å². The molecular weight excluding hydrogens is 546 g/mol. The maximum atomic E-state index is 12.4. The number of nitrogen functional groups attached to an aromatic ring is 2. The Morgan fingerprint density at radius 3 is 1.82 bits per heavy atom. The second-order valence-electron chi connectivity index (χ2n) is 9.65. The second-order valence-corrected chi connectivity index (χ2v) is 12.1. The topological polar surface area (TPSA) is 142 Å². The van der Waals surface area contributed by atoms with E-state index in [1.165, 1.54) is 14.2 Å². The number of aromatic nitrogens is 4. The fraction of sp³-hybridized carbons (Fsp3) is 0.321. The summed E-state index contributed by atoms with van der Waals surface area (Å²) >= 11 is 3.21. The molecule has 0 aliphatic carbocycles. The van der Waals surface area contributed by atoms with Gasteiger partial charge in [0.05, 0.1) is 38.1 Å². The summed E-state index contributed by atoms with van der Waals surface area (Å²) in [6, 6.07) is 5.44. The van der Waals surface area contributed by atoms with Gasteiger partial charge in [0.25, 0.3) is 0 Å². The first-order valence-corrected chi connectivity index (χ1v) is 14.2. The van der Waals surface area contributed by atoms with Crippen molar-refractivity contribution in [3.8, 4) is 5.75 Å². The molecule has 1 aromatic carbocycles. The monoisotopic (exact) mass is 577 g/mol. The smallest absolute Gasteiger partial charge is 0.341 e. The number of nitrogens with zero attached hydrogens (tertiary/aromatic N) is 5. The fourth-order valence-electron chi connectivity index (χ4n) is 4.74. The highest BCUT2D eigenvalue weighted by atomic mass is 32.1. The minimum Gasteiger partial charge on any atom is -0.496 e. The van der Waals surface area contributed by atoms with Crippen LogP contribution in [0.25, 0.3) is 20.4 Å². The van der Waals surface area contributed by atoms with Gasteiger partial charge in [-0.1, -0.05) is 6.07 Å². The molecule has 0 aliphatic heterocycles. The highest BCUT2D eigenvalue weighted by Gasteiger charge is 2.20. The van der Waals surface area contributed by atoms with Gasteiger partial charge in [-0.2, -0.15) is 0 Å². The van der Waals surface area contributed by atoms with E-state index in [0.29, 0.717) is 54.2 Å². The third kappa shape index (κ3) is 5.17. The van der Waals surface area contributed by atoms with Crippen molar-refractivity contribution in [1.29, 1.82) is 0 Å². The molecule has 0 bridgehead atoms. The lowest BCUT2D eigenvalue weighted by atomic mass is 10.1. The Kier molecular flexibility index (Phi) is 7.58. The zero-order valence-corrected chi connectivity index (χ0v) is 24.9. The number of hydrogen-bond donors (Lipinski definition) is 2. The molecule has 0 unspecified atom stereocenters. The number of fused-ring (bicyclic) bond motifs is 2. The molecule has 12 heteroatoms. The summed E-state index contributed by atoms with van der Waals surface area (Å²) < 4.78 is 10.3. The molecule has 0 radical (unpaired) electrons. The zero-order valence-electron chi connectivity index (χ0n) is 23.3. The molecule has 10 nitrogen and oxygen atoms in total. The molecule has 0 aliphatic rings. The van der Waals surface area contributed by atoms with Crippen LogP contribution in [0.4, 0.5) is 11.6 Å². The number of thiophene rings is 2. The standard InChI is InChI=1S/C28H31N7O3S2/c1-13-15(3)39-26-22(13)24(29)31-20(33-26)11-35(10-17-7-8-19(37-5)18(9-17)28(36)38-6)12-21-32-25(30)23-14(2)16(4)40-27(23)34-21/h7-9H,10-12H2,1-6H3,(H2,29,31,33)(H2,30,32,34). The van der Waals surface area contributed by atoms with Crippen molar-refractivity contribution in [3.05, 3.63) is 61.9 Å². The maximum absolute atomic E-state index is 12.4. The first-order chi connectivity index (χ1) is 19.1. The van der Waals surface area contributed by atoms with Gasteiger partial charge in [-0.3, -0.25) is 4.90 Å². The molecule has 0 amide bonds. The summed E-state index contributed by atoms with van der Waals surface area (Å²) in [5.74, 6) is 2.07. The lowest BCUT2D eigenvalue weighted by Gasteiger charge is -2.22. The molecule has 4 aromatic heterocycles. The predicted octanol–water partition coefficient (Wildman–Crippen LogP) is 5.09. The van der Waals surface area contributed by atoms with E-state index in [4.69, 9.17) is 30.9 Å². The average molecular weight is 578 g/mol. The van der Waals surface area contributed by atoms with Crippen molar-refractivity contribution < 1.29 is 14.3 Å². The lowest BCUT2D eigenvalue weighted by molar-refractivity contribution is 0.0596. The fourth-order valence-corrected chi connectivity index (χ4v) is 6.86. The number of anilines is 2. The Morgan fingerprint density at radius 2 is 1.35 bits per heavy atom.